The first-order valence-electron chi connectivity index (χ1n) is 29.9. The molecule has 52 heteroatoms. The first-order chi connectivity index (χ1) is 47.9. The zero-order chi connectivity index (χ0) is 72.1. The molecule has 0 spiro atoms. The van der Waals surface area contributed by atoms with Gasteiger partial charge >= 0.3 is 43.1 Å². The Balaban J connectivity index is 0.000000371. The number of aromatic amines is 3. The van der Waals surface area contributed by atoms with Crippen molar-refractivity contribution in [1.82, 2.24) is 77.7 Å². The Morgan fingerprint density at radius 2 is 0.990 bits per heavy atom. The Labute approximate surface area is 561 Å². The minimum Gasteiger partial charge on any atom is -0.394 e. The zero-order valence-corrected chi connectivity index (χ0v) is 55.5. The molecule has 0 aliphatic carbocycles. The standard InChI is InChI=1S/C39H50N15O22P3.C10H12N5O6P/c1-16-8-52(39(60)50-35(16)57)28-6-19(75-77(61,62)67-10-22-17(56)4-26(71-22)53-14-45-30-32(41)43-13-44-33(30)53)23(72-28)11-69-79(65,66)76-20-7-29(54-15-46-31-34(54)48-37(42)49-36(31)58)73-24(20)12-68-78(63,64)74-18-5-27(70-21(18)9-55)51-3-2-25(40)47-38(51)59;11-10-13-8-7(9(17)14-10)12-3-15(8)6-1-4(16)5(21-6)2-20-22(18)19/h2-3,8,13-15,17-24,26-29,55-56H,4-7,9-12H2,1H3,(H,61,62)(H,63,64)(H,65,66)(H2,40,47,59)(H2,41,43,44)(H,50,57,60)(H3,42,48,49,58);3-6,16H,1-2H2,(H3-,11,13,14,17,18,19)/p+1/t17-,18-,19-,20-,21+,22+,23+,24+,26+,27+,28+,29+;4-,5+,6+/m00/s1. The predicted molar refractivity (Wildman–Crippen MR) is 333 cm³/mol. The van der Waals surface area contributed by atoms with Gasteiger partial charge in [-0.1, -0.05) is 0 Å². The lowest BCUT2D eigenvalue weighted by Crippen LogP contribution is -2.33. The van der Waals surface area contributed by atoms with Gasteiger partial charge in [0.25, 0.3) is 16.7 Å². The molecule has 101 heavy (non-hydrogen) atoms. The van der Waals surface area contributed by atoms with Gasteiger partial charge in [-0.15, -0.1) is 9.42 Å². The Morgan fingerprint density at radius 1 is 0.554 bits per heavy atom. The van der Waals surface area contributed by atoms with Crippen LogP contribution >= 0.6 is 31.7 Å². The van der Waals surface area contributed by atoms with E-state index in [1.807, 2.05) is 0 Å². The molecule has 5 fully saturated rings. The number of phosphoric acid groups is 3. The molecule has 5 aliphatic heterocycles. The second kappa shape index (κ2) is 29.4. The van der Waals surface area contributed by atoms with E-state index in [-0.39, 0.29) is 82.8 Å². The summed E-state index contributed by atoms with van der Waals surface area (Å²) in [6, 6.07) is 1.31. The van der Waals surface area contributed by atoms with Gasteiger partial charge in [0, 0.05) is 54.6 Å². The maximum absolute atomic E-state index is 14.0. The fraction of sp³-hybridized carbons (Fsp3) is 0.531. The number of rotatable bonds is 24. The first-order valence-corrected chi connectivity index (χ1v) is 35.6. The van der Waals surface area contributed by atoms with Crippen molar-refractivity contribution in [1.29, 1.82) is 0 Å². The summed E-state index contributed by atoms with van der Waals surface area (Å²) in [5.74, 6) is -0.355. The van der Waals surface area contributed by atoms with Crippen LogP contribution in [0.2, 0.25) is 0 Å². The predicted octanol–water partition coefficient (Wildman–Crippen LogP) is -3.15. The van der Waals surface area contributed by atoms with E-state index in [4.69, 9.17) is 78.7 Å². The van der Waals surface area contributed by atoms with Crippen molar-refractivity contribution in [3.63, 3.8) is 0 Å². The fourth-order valence-corrected chi connectivity index (χ4v) is 14.7. The van der Waals surface area contributed by atoms with Crippen molar-refractivity contribution in [2.45, 2.75) is 131 Å². The highest BCUT2D eigenvalue weighted by Crippen LogP contribution is 2.54. The van der Waals surface area contributed by atoms with Crippen LogP contribution in [-0.2, 0) is 73.6 Å². The van der Waals surface area contributed by atoms with E-state index in [1.54, 1.807) is 0 Å². The van der Waals surface area contributed by atoms with E-state index in [2.05, 4.69) is 59.3 Å². The first kappa shape index (κ1) is 72.8. The van der Waals surface area contributed by atoms with Crippen LogP contribution in [0.3, 0.4) is 0 Å². The van der Waals surface area contributed by atoms with Crippen molar-refractivity contribution in [3.05, 3.63) is 101 Å². The number of ether oxygens (including phenoxy) is 5. The number of anilines is 4. The van der Waals surface area contributed by atoms with Crippen LogP contribution in [0.1, 0.15) is 68.8 Å². The number of imidazole rings is 3. The second-order valence-electron chi connectivity index (χ2n) is 23.1. The average molecular weight is 1500 g/mol. The molecule has 0 radical (unpaired) electrons. The van der Waals surface area contributed by atoms with Crippen molar-refractivity contribution < 1.29 is 109 Å². The molecule has 13 heterocycles. The number of hydrogen-bond acceptors (Lipinski definition) is 36. The van der Waals surface area contributed by atoms with E-state index in [0.29, 0.717) is 5.65 Å². The number of H-pyrrole nitrogens is 3. The molecule has 48 nitrogen and oxygen atoms in total. The number of nitrogen functional groups attached to an aromatic ring is 4. The number of nitrogens with two attached hydrogens (primary N) is 4. The quantitative estimate of drug-likeness (QED) is 0.0266. The topological polar surface area (TPSA) is 685 Å². The lowest BCUT2D eigenvalue weighted by molar-refractivity contribution is -0.0630. The van der Waals surface area contributed by atoms with Crippen LogP contribution in [-0.4, -0.2) is 207 Å². The summed E-state index contributed by atoms with van der Waals surface area (Å²) >= 11 is 0. The third-order valence-electron chi connectivity index (χ3n) is 16.3. The Bertz CT molecular complexity index is 4880. The molecule has 8 aromatic rings. The summed E-state index contributed by atoms with van der Waals surface area (Å²) < 4.78 is 124. The third kappa shape index (κ3) is 16.3. The summed E-state index contributed by atoms with van der Waals surface area (Å²) in [6.45, 7) is -2.18. The summed E-state index contributed by atoms with van der Waals surface area (Å²) in [5, 5.41) is 30.8. The number of aromatic nitrogens is 16. The Kier molecular flexibility index (Phi) is 21.2. The second-order valence-corrected chi connectivity index (χ2v) is 28.0. The van der Waals surface area contributed by atoms with Gasteiger partial charge < -0.3 is 76.6 Å². The number of aliphatic hydroxyl groups is 3. The van der Waals surface area contributed by atoms with Gasteiger partial charge in [0.15, 0.2) is 33.8 Å². The van der Waals surface area contributed by atoms with Crippen LogP contribution in [0.25, 0.3) is 33.5 Å². The monoisotopic (exact) mass is 1500 g/mol. The molecule has 0 amide bonds. The molecule has 0 bridgehead atoms. The van der Waals surface area contributed by atoms with E-state index in [0.717, 1.165) is 21.7 Å². The fourth-order valence-electron chi connectivity index (χ4n) is 11.6. The normalized spacial score (nSPS) is 28.7. The van der Waals surface area contributed by atoms with Gasteiger partial charge in [0.05, 0.1) is 57.6 Å². The number of hydrogen-bond donors (Lipinski definition) is 14. The molecule has 5 aliphatic rings. The molecule has 0 aromatic carbocycles. The molecular formula is C49H63N20O28P4+. The van der Waals surface area contributed by atoms with Gasteiger partial charge in [-0.25, -0.2) is 48.2 Å². The maximum Gasteiger partial charge on any atom is 0.694 e. The molecule has 19 atom stereocenters. The highest BCUT2D eigenvalue weighted by Gasteiger charge is 2.49. The van der Waals surface area contributed by atoms with E-state index < -0.39 is 191 Å². The molecule has 5 saturated heterocycles. The van der Waals surface area contributed by atoms with E-state index >= 15 is 0 Å². The molecule has 0 saturated carbocycles. The lowest BCUT2D eigenvalue weighted by Gasteiger charge is -2.25. The van der Waals surface area contributed by atoms with Crippen LogP contribution in [0.15, 0.2) is 67.7 Å². The average Bonchev–Trinajstić information content (AvgIpc) is 1.65. The van der Waals surface area contributed by atoms with Gasteiger partial charge in [-0.05, 0) is 13.0 Å². The van der Waals surface area contributed by atoms with Gasteiger partial charge in [0.1, 0.15) is 104 Å². The van der Waals surface area contributed by atoms with E-state index in [1.165, 1.54) is 51.9 Å². The highest BCUT2D eigenvalue weighted by molar-refractivity contribution is 7.48. The minimum absolute atomic E-state index is 0.0291. The molecule has 13 rings (SSSR count). The highest BCUT2D eigenvalue weighted by atomic mass is 31.2. The number of nitrogens with one attached hydrogen (secondary N) is 3. The SMILES string of the molecule is Cc1cn([C@H]2C[C@H](OP(=O)(O)OC[C@H]3O[C@@H](n4cnc5c(N)ncnc54)C[C@@H]3O)[C@@H](COP(=O)(O)O[C@H]3C[C@H](n4cnc5c(=O)[nH]c(N)nc54)O[C@@H]3COP(=O)(O)O[C@H]3C[C@H](n4ccc(N)nc4=O)O[C@@H]3CO)O2)c(=O)[nH]c1=O.Nc1nc2c(ncn2[C@H]2C[C@H](O)[C@@H](CO[P+](=O)O)O2)c(=O)[nH]1. The summed E-state index contributed by atoms with van der Waals surface area (Å²) in [5.41, 5.74) is 19.7. The smallest absolute Gasteiger partial charge is 0.394 e. The maximum atomic E-state index is 14.0. The number of nitrogens with zero attached hydrogens (tertiary/aromatic N) is 13. The summed E-state index contributed by atoms with van der Waals surface area (Å²) in [6.07, 6.45) is -11.7. The van der Waals surface area contributed by atoms with Gasteiger partial charge in [0.2, 0.25) is 11.9 Å². The molecular weight excluding hydrogens is 1440 g/mol. The van der Waals surface area contributed by atoms with Crippen molar-refractivity contribution in [2.75, 3.05) is 56.0 Å². The van der Waals surface area contributed by atoms with Crippen molar-refractivity contribution in [3.8, 4) is 0 Å². The van der Waals surface area contributed by atoms with Gasteiger partial charge in [-0.2, -0.15) is 15.0 Å². The number of phosphoric ester groups is 3. The third-order valence-corrected chi connectivity index (χ3v) is 19.7. The van der Waals surface area contributed by atoms with Gasteiger partial charge in [-0.3, -0.25) is 79.3 Å². The minimum atomic E-state index is -5.39. The number of fused-ring (bicyclic) bond motifs is 3. The Hall–Kier alpha value is -7.96. The Morgan fingerprint density at radius 3 is 1.50 bits per heavy atom. The van der Waals surface area contributed by atoms with E-state index in [9.17, 15) is 72.2 Å². The van der Waals surface area contributed by atoms with Crippen LogP contribution in [0.5, 0.6) is 0 Å². The molecule has 546 valence electrons. The number of aliphatic hydroxyl groups excluding tert-OH is 3. The molecule has 8 aromatic heterocycles. The van der Waals surface area contributed by atoms with Crippen molar-refractivity contribution in [2.24, 2.45) is 0 Å². The van der Waals surface area contributed by atoms with Crippen LogP contribution in [0.4, 0.5) is 23.5 Å². The molecule has 18 N–H and O–H groups in total. The molecule has 4 unspecified atom stereocenters. The zero-order valence-electron chi connectivity index (χ0n) is 51.9. The lowest BCUT2D eigenvalue weighted by atomic mass is 10.2. The van der Waals surface area contributed by atoms with Crippen LogP contribution in [0, 0.1) is 6.92 Å². The van der Waals surface area contributed by atoms with Crippen LogP contribution < -0.4 is 51.0 Å². The summed E-state index contributed by atoms with van der Waals surface area (Å²) in [7, 11) is -18.5. The largest absolute Gasteiger partial charge is 0.694 e. The number of aryl methyl sites for hydroxylation is 1. The van der Waals surface area contributed by atoms with Crippen molar-refractivity contribution >= 4 is 88.7 Å². The summed E-state index contributed by atoms with van der Waals surface area (Å²) in [4.78, 5) is 143.